The third-order valence-corrected chi connectivity index (χ3v) is 3.89. The molecule has 1 fully saturated rings. The first-order valence-corrected chi connectivity index (χ1v) is 7.76. The standard InChI is InChI=1S/C13H14Br2N2O4/c1-13(20-2-3-21-13)6-11(18)17-16-7-8-4-9(14)5-10(15)12(8)19/h4-5,7,19H,2-3,6H2,1H3,(H,17,18)/b16-7+. The van der Waals surface area contributed by atoms with Gasteiger partial charge in [0.15, 0.2) is 5.79 Å². The molecule has 2 N–H and O–H groups in total. The second-order valence-electron chi connectivity index (χ2n) is 4.63. The summed E-state index contributed by atoms with van der Waals surface area (Å²) < 4.78 is 12.0. The van der Waals surface area contributed by atoms with Gasteiger partial charge in [-0.3, -0.25) is 4.79 Å². The molecule has 1 aliphatic heterocycles. The molecule has 0 saturated carbocycles. The van der Waals surface area contributed by atoms with Crippen molar-refractivity contribution >= 4 is 44.0 Å². The van der Waals surface area contributed by atoms with Crippen LogP contribution in [0.15, 0.2) is 26.2 Å². The Morgan fingerprint density at radius 2 is 2.14 bits per heavy atom. The van der Waals surface area contributed by atoms with E-state index in [9.17, 15) is 9.90 Å². The Labute approximate surface area is 138 Å². The molecule has 0 radical (unpaired) electrons. The predicted molar refractivity (Wildman–Crippen MR) is 84.2 cm³/mol. The van der Waals surface area contributed by atoms with Crippen LogP contribution in [0.25, 0.3) is 0 Å². The van der Waals surface area contributed by atoms with Gasteiger partial charge in [0.1, 0.15) is 5.75 Å². The summed E-state index contributed by atoms with van der Waals surface area (Å²) in [5, 5.41) is 13.7. The van der Waals surface area contributed by atoms with Crippen molar-refractivity contribution in [2.45, 2.75) is 19.1 Å². The van der Waals surface area contributed by atoms with E-state index in [0.29, 0.717) is 23.2 Å². The van der Waals surface area contributed by atoms with Gasteiger partial charge in [-0.1, -0.05) is 15.9 Å². The highest BCUT2D eigenvalue weighted by Gasteiger charge is 2.33. The van der Waals surface area contributed by atoms with Crippen molar-refractivity contribution in [2.75, 3.05) is 13.2 Å². The number of nitrogens with zero attached hydrogens (tertiary/aromatic N) is 1. The zero-order valence-corrected chi connectivity index (χ0v) is 14.4. The van der Waals surface area contributed by atoms with E-state index in [0.717, 1.165) is 4.47 Å². The van der Waals surface area contributed by atoms with Gasteiger partial charge in [-0.2, -0.15) is 5.10 Å². The van der Waals surface area contributed by atoms with Crippen molar-refractivity contribution in [2.24, 2.45) is 5.10 Å². The summed E-state index contributed by atoms with van der Waals surface area (Å²) in [6.07, 6.45) is 1.42. The molecule has 0 aromatic heterocycles. The zero-order valence-electron chi connectivity index (χ0n) is 11.2. The van der Waals surface area contributed by atoms with Crippen molar-refractivity contribution in [3.8, 4) is 5.75 Å². The Hall–Kier alpha value is -0.960. The van der Waals surface area contributed by atoms with Crippen LogP contribution in [-0.2, 0) is 14.3 Å². The van der Waals surface area contributed by atoms with E-state index in [2.05, 4.69) is 42.4 Å². The summed E-state index contributed by atoms with van der Waals surface area (Å²) in [6.45, 7) is 2.67. The van der Waals surface area contributed by atoms with Crippen LogP contribution in [0.2, 0.25) is 0 Å². The number of carbonyl (C=O) groups excluding carboxylic acids is 1. The van der Waals surface area contributed by atoms with Gasteiger partial charge >= 0.3 is 0 Å². The molecule has 0 aliphatic carbocycles. The molecule has 2 rings (SSSR count). The molecule has 1 aromatic carbocycles. The maximum atomic E-state index is 11.7. The summed E-state index contributed by atoms with van der Waals surface area (Å²) in [6, 6.07) is 3.39. The fourth-order valence-corrected chi connectivity index (χ4v) is 3.11. The minimum atomic E-state index is -0.888. The van der Waals surface area contributed by atoms with Crippen LogP contribution in [0.3, 0.4) is 0 Å². The van der Waals surface area contributed by atoms with E-state index < -0.39 is 5.79 Å². The number of benzene rings is 1. The predicted octanol–water partition coefficient (Wildman–Crippen LogP) is 2.52. The third-order valence-electron chi connectivity index (χ3n) is 2.83. The lowest BCUT2D eigenvalue weighted by molar-refractivity contribution is -0.159. The molecule has 1 saturated heterocycles. The Morgan fingerprint density at radius 1 is 1.48 bits per heavy atom. The molecule has 0 spiro atoms. The Bertz CT molecular complexity index is 572. The molecule has 1 amide bonds. The van der Waals surface area contributed by atoms with E-state index in [-0.39, 0.29) is 18.1 Å². The minimum absolute atomic E-state index is 0.0469. The normalized spacial score (nSPS) is 17.3. The van der Waals surface area contributed by atoms with Crippen molar-refractivity contribution < 1.29 is 19.4 Å². The van der Waals surface area contributed by atoms with Gasteiger partial charge in [0.05, 0.1) is 30.3 Å². The van der Waals surface area contributed by atoms with Crippen LogP contribution >= 0.6 is 31.9 Å². The maximum Gasteiger partial charge on any atom is 0.245 e. The lowest BCUT2D eigenvalue weighted by atomic mass is 10.2. The van der Waals surface area contributed by atoms with Gasteiger partial charge in [0.25, 0.3) is 0 Å². The maximum absolute atomic E-state index is 11.7. The van der Waals surface area contributed by atoms with Gasteiger partial charge < -0.3 is 14.6 Å². The number of hydrogen-bond acceptors (Lipinski definition) is 5. The molecule has 114 valence electrons. The van der Waals surface area contributed by atoms with Crippen LogP contribution in [0.1, 0.15) is 18.9 Å². The molecular formula is C13H14Br2N2O4. The van der Waals surface area contributed by atoms with Crippen molar-refractivity contribution in [3.63, 3.8) is 0 Å². The fourth-order valence-electron chi connectivity index (χ4n) is 1.85. The molecule has 0 unspecified atom stereocenters. The van der Waals surface area contributed by atoms with Crippen LogP contribution < -0.4 is 5.43 Å². The van der Waals surface area contributed by atoms with E-state index >= 15 is 0 Å². The average molecular weight is 422 g/mol. The largest absolute Gasteiger partial charge is 0.506 e. The number of phenolic OH excluding ortho intramolecular Hbond substituents is 1. The van der Waals surface area contributed by atoms with Gasteiger partial charge in [-0.15, -0.1) is 0 Å². The summed E-state index contributed by atoms with van der Waals surface area (Å²) in [4.78, 5) is 11.7. The van der Waals surface area contributed by atoms with Crippen LogP contribution in [0, 0.1) is 0 Å². The quantitative estimate of drug-likeness (QED) is 0.578. The van der Waals surface area contributed by atoms with Gasteiger partial charge in [0.2, 0.25) is 5.91 Å². The molecule has 0 atom stereocenters. The number of carbonyl (C=O) groups is 1. The smallest absolute Gasteiger partial charge is 0.245 e. The summed E-state index contributed by atoms with van der Waals surface area (Å²) in [5.74, 6) is -1.17. The topological polar surface area (TPSA) is 80.2 Å². The third kappa shape index (κ3) is 4.50. The summed E-state index contributed by atoms with van der Waals surface area (Å²) in [5.41, 5.74) is 2.85. The van der Waals surface area contributed by atoms with Crippen molar-refractivity contribution in [1.82, 2.24) is 5.43 Å². The highest BCUT2D eigenvalue weighted by atomic mass is 79.9. The van der Waals surface area contributed by atoms with Crippen molar-refractivity contribution in [3.05, 3.63) is 26.6 Å². The van der Waals surface area contributed by atoms with E-state index in [1.165, 1.54) is 6.21 Å². The zero-order chi connectivity index (χ0) is 15.5. The number of hydrogen-bond donors (Lipinski definition) is 2. The Balaban J connectivity index is 1.95. The van der Waals surface area contributed by atoms with E-state index in [1.807, 2.05) is 0 Å². The summed E-state index contributed by atoms with van der Waals surface area (Å²) in [7, 11) is 0. The first-order valence-electron chi connectivity index (χ1n) is 6.17. The monoisotopic (exact) mass is 420 g/mol. The summed E-state index contributed by atoms with van der Waals surface area (Å²) >= 11 is 6.53. The molecule has 6 nitrogen and oxygen atoms in total. The highest BCUT2D eigenvalue weighted by Crippen LogP contribution is 2.30. The average Bonchev–Trinajstić information content (AvgIpc) is 2.81. The number of hydrazone groups is 1. The fraction of sp³-hybridized carbons (Fsp3) is 0.385. The SMILES string of the molecule is CC1(CC(=O)N/N=C/c2cc(Br)cc(Br)c2O)OCCO1. The second kappa shape index (κ2) is 6.87. The van der Waals surface area contributed by atoms with Crippen LogP contribution in [0.4, 0.5) is 0 Å². The molecule has 1 aromatic rings. The van der Waals surface area contributed by atoms with Crippen LogP contribution in [-0.4, -0.2) is 36.2 Å². The Kier molecular flexibility index (Phi) is 5.37. The number of phenols is 1. The molecule has 21 heavy (non-hydrogen) atoms. The number of rotatable bonds is 4. The molecule has 1 aliphatic rings. The molecule has 1 heterocycles. The number of amides is 1. The number of nitrogens with one attached hydrogen (secondary N) is 1. The molecular weight excluding hydrogens is 408 g/mol. The minimum Gasteiger partial charge on any atom is -0.506 e. The van der Waals surface area contributed by atoms with Gasteiger partial charge in [0, 0.05) is 10.0 Å². The lowest BCUT2D eigenvalue weighted by Gasteiger charge is -2.20. The first kappa shape index (κ1) is 16.4. The lowest BCUT2D eigenvalue weighted by Crippen LogP contribution is -2.33. The highest BCUT2D eigenvalue weighted by molar-refractivity contribution is 9.11. The van der Waals surface area contributed by atoms with E-state index in [1.54, 1.807) is 19.1 Å². The first-order chi connectivity index (χ1) is 9.89. The van der Waals surface area contributed by atoms with E-state index in [4.69, 9.17) is 9.47 Å². The number of halogens is 2. The van der Waals surface area contributed by atoms with Gasteiger partial charge in [-0.05, 0) is 35.0 Å². The van der Waals surface area contributed by atoms with Crippen molar-refractivity contribution in [1.29, 1.82) is 0 Å². The number of aromatic hydroxyl groups is 1. The Morgan fingerprint density at radius 3 is 2.81 bits per heavy atom. The second-order valence-corrected chi connectivity index (χ2v) is 6.40. The molecule has 8 heteroatoms. The van der Waals surface area contributed by atoms with Gasteiger partial charge in [-0.25, -0.2) is 5.43 Å². The number of ether oxygens (including phenoxy) is 2. The van der Waals surface area contributed by atoms with Crippen LogP contribution in [0.5, 0.6) is 5.75 Å². The molecule has 0 bridgehead atoms.